The van der Waals surface area contributed by atoms with Gasteiger partial charge in [-0.15, -0.1) is 0 Å². The highest BCUT2D eigenvalue weighted by atomic mass is 32.2. The largest absolute Gasteiger partial charge is 0.365 e. The average molecular weight is 500 g/mol. The van der Waals surface area contributed by atoms with Crippen molar-refractivity contribution in [2.75, 3.05) is 42.7 Å². The number of benzene rings is 2. The summed E-state index contributed by atoms with van der Waals surface area (Å²) in [7, 11) is 2.23. The van der Waals surface area contributed by atoms with E-state index in [0.29, 0.717) is 28.8 Å². The number of piperazine rings is 1. The lowest BCUT2D eigenvalue weighted by atomic mass is 10.1. The first-order valence-corrected chi connectivity index (χ1v) is 13.3. The van der Waals surface area contributed by atoms with Crippen molar-refractivity contribution in [3.05, 3.63) is 65.9 Å². The van der Waals surface area contributed by atoms with Crippen LogP contribution in [-0.4, -0.2) is 70.5 Å². The van der Waals surface area contributed by atoms with Gasteiger partial charge in [-0.2, -0.15) is 0 Å². The first-order valence-electron chi connectivity index (χ1n) is 12.3. The summed E-state index contributed by atoms with van der Waals surface area (Å²) in [6, 6.07) is 17.1. The molecule has 0 spiro atoms. The van der Waals surface area contributed by atoms with Crippen molar-refractivity contribution in [2.45, 2.75) is 25.4 Å². The van der Waals surface area contributed by atoms with Gasteiger partial charge in [0.1, 0.15) is 0 Å². The maximum atomic E-state index is 12.4. The van der Waals surface area contributed by atoms with Crippen LogP contribution in [0.25, 0.3) is 11.3 Å². The van der Waals surface area contributed by atoms with Crippen LogP contribution in [0.1, 0.15) is 22.3 Å². The van der Waals surface area contributed by atoms with Crippen LogP contribution in [0.5, 0.6) is 0 Å². The number of rotatable bonds is 5. The average Bonchev–Trinajstić information content (AvgIpc) is 3.62. The number of aromatic nitrogens is 2. The molecule has 6 rings (SSSR count). The number of hydrogen-bond acceptors (Lipinski definition) is 8. The zero-order valence-corrected chi connectivity index (χ0v) is 21.3. The van der Waals surface area contributed by atoms with Crippen molar-refractivity contribution >= 4 is 40.2 Å². The Morgan fingerprint density at radius 1 is 1.08 bits per heavy atom. The number of likely N-dealkylation sites (tertiary alicyclic amines) is 1. The lowest BCUT2D eigenvalue weighted by molar-refractivity contribution is 0.0978. The lowest BCUT2D eigenvalue weighted by Crippen LogP contribution is -2.44. The van der Waals surface area contributed by atoms with E-state index in [4.69, 9.17) is 4.98 Å². The molecular weight excluding hydrogens is 470 g/mol. The van der Waals surface area contributed by atoms with Crippen LogP contribution in [0.4, 0.5) is 17.3 Å². The van der Waals surface area contributed by atoms with Gasteiger partial charge in [-0.1, -0.05) is 23.9 Å². The number of carbonyl (C=O) groups is 1. The number of likely N-dealkylation sites (N-methyl/N-ethyl adjacent to an activating group) is 1. The van der Waals surface area contributed by atoms with Gasteiger partial charge in [-0.05, 0) is 62.4 Å². The standard InChI is InChI=1S/C27H29N7OS/c1-17-13-20(7-8-24(17)34-16-21-14-22(34)15-33(21)2)30-26-28-10-9-23(31-26)18-3-5-19(6-4-18)25(35)32-27-29-11-12-36-27/h3-10,13,21-22H,11-12,14-16H2,1-2H3,(H,28,30,31)(H,29,32,35)/t21-,22-/m0/s1. The minimum Gasteiger partial charge on any atom is -0.365 e. The van der Waals surface area contributed by atoms with Crippen molar-refractivity contribution in [1.29, 1.82) is 0 Å². The third-order valence-corrected chi connectivity index (χ3v) is 8.07. The Morgan fingerprint density at radius 2 is 1.94 bits per heavy atom. The molecule has 184 valence electrons. The molecule has 3 aliphatic heterocycles. The maximum Gasteiger partial charge on any atom is 0.257 e. The van der Waals surface area contributed by atoms with Crippen LogP contribution in [-0.2, 0) is 0 Å². The fraction of sp³-hybridized carbons (Fsp3) is 0.333. The van der Waals surface area contributed by atoms with E-state index in [-0.39, 0.29) is 5.91 Å². The number of hydrogen-bond donors (Lipinski definition) is 2. The Kier molecular flexibility index (Phi) is 6.10. The summed E-state index contributed by atoms with van der Waals surface area (Å²) in [5.74, 6) is 1.31. The molecule has 36 heavy (non-hydrogen) atoms. The molecule has 2 bridgehead atoms. The van der Waals surface area contributed by atoms with E-state index in [1.165, 1.54) is 17.7 Å². The fourth-order valence-electron chi connectivity index (χ4n) is 5.30. The van der Waals surface area contributed by atoms with E-state index in [1.54, 1.807) is 18.0 Å². The molecule has 0 saturated carbocycles. The number of aryl methyl sites for hydroxylation is 1. The number of amides is 1. The van der Waals surface area contributed by atoms with Gasteiger partial charge < -0.3 is 15.5 Å². The van der Waals surface area contributed by atoms with Crippen molar-refractivity contribution in [3.63, 3.8) is 0 Å². The second-order valence-corrected chi connectivity index (χ2v) is 10.7. The topological polar surface area (TPSA) is 85.7 Å². The minimum absolute atomic E-state index is 0.146. The Hall–Kier alpha value is -3.43. The number of fused-ring (bicyclic) bond motifs is 2. The number of aliphatic imine (C=N–C) groups is 1. The highest BCUT2D eigenvalue weighted by molar-refractivity contribution is 8.14. The lowest BCUT2D eigenvalue weighted by Gasteiger charge is -2.34. The molecule has 0 unspecified atom stereocenters. The molecule has 2 N–H and O–H groups in total. The number of nitrogens with zero attached hydrogens (tertiary/aromatic N) is 5. The molecule has 8 nitrogen and oxygen atoms in total. The molecule has 1 aromatic heterocycles. The van der Waals surface area contributed by atoms with E-state index in [0.717, 1.165) is 42.3 Å². The molecule has 9 heteroatoms. The zero-order chi connectivity index (χ0) is 24.6. The van der Waals surface area contributed by atoms with Gasteiger partial charge in [-0.3, -0.25) is 14.7 Å². The smallest absolute Gasteiger partial charge is 0.257 e. The Bertz CT molecular complexity index is 1320. The summed E-state index contributed by atoms with van der Waals surface area (Å²) >= 11 is 1.57. The zero-order valence-electron chi connectivity index (χ0n) is 20.4. The predicted molar refractivity (Wildman–Crippen MR) is 146 cm³/mol. The second-order valence-electron chi connectivity index (χ2n) is 9.59. The van der Waals surface area contributed by atoms with Gasteiger partial charge >= 0.3 is 0 Å². The van der Waals surface area contributed by atoms with Gasteiger partial charge in [-0.25, -0.2) is 9.97 Å². The van der Waals surface area contributed by atoms with Crippen LogP contribution in [0.3, 0.4) is 0 Å². The number of amidine groups is 1. The van der Waals surface area contributed by atoms with Gasteiger partial charge in [0, 0.05) is 59.6 Å². The van der Waals surface area contributed by atoms with Crippen molar-refractivity contribution < 1.29 is 4.79 Å². The maximum absolute atomic E-state index is 12.4. The summed E-state index contributed by atoms with van der Waals surface area (Å²) < 4.78 is 0. The molecule has 3 aliphatic rings. The number of anilines is 3. The SMILES string of the molecule is Cc1cc(Nc2nccc(-c3ccc(C(=O)NC4=NCCS4)cc3)n2)ccc1N1C[C@@H]2C[C@H]1CN2C. The molecule has 3 aromatic rings. The molecule has 0 radical (unpaired) electrons. The van der Waals surface area contributed by atoms with E-state index >= 15 is 0 Å². The summed E-state index contributed by atoms with van der Waals surface area (Å²) in [6.07, 6.45) is 3.01. The summed E-state index contributed by atoms with van der Waals surface area (Å²) in [6.45, 7) is 5.17. The van der Waals surface area contributed by atoms with Crippen LogP contribution >= 0.6 is 11.8 Å². The molecule has 2 saturated heterocycles. The molecule has 2 atom stereocenters. The first kappa shape index (κ1) is 23.0. The molecule has 0 aliphatic carbocycles. The first-order chi connectivity index (χ1) is 17.5. The summed E-state index contributed by atoms with van der Waals surface area (Å²) in [5, 5.41) is 6.91. The van der Waals surface area contributed by atoms with Crippen LogP contribution in [0.15, 0.2) is 59.7 Å². The van der Waals surface area contributed by atoms with Gasteiger partial charge in [0.25, 0.3) is 5.91 Å². The highest BCUT2D eigenvalue weighted by Crippen LogP contribution is 2.36. The van der Waals surface area contributed by atoms with E-state index in [1.807, 2.05) is 30.3 Å². The van der Waals surface area contributed by atoms with Gasteiger partial charge in [0.15, 0.2) is 5.17 Å². The normalized spacial score (nSPS) is 21.1. The van der Waals surface area contributed by atoms with E-state index in [2.05, 4.69) is 62.6 Å². The van der Waals surface area contributed by atoms with Crippen LogP contribution in [0, 0.1) is 6.92 Å². The number of thioether (sulfide) groups is 1. The van der Waals surface area contributed by atoms with Crippen LogP contribution in [0.2, 0.25) is 0 Å². The van der Waals surface area contributed by atoms with Crippen LogP contribution < -0.4 is 15.5 Å². The van der Waals surface area contributed by atoms with Crippen molar-refractivity contribution in [2.24, 2.45) is 4.99 Å². The van der Waals surface area contributed by atoms with Crippen molar-refractivity contribution in [3.8, 4) is 11.3 Å². The molecule has 4 heterocycles. The van der Waals surface area contributed by atoms with Crippen molar-refractivity contribution in [1.82, 2.24) is 20.2 Å². The molecule has 2 aromatic carbocycles. The Morgan fingerprint density at radius 3 is 2.64 bits per heavy atom. The monoisotopic (exact) mass is 499 g/mol. The second kappa shape index (κ2) is 9.55. The summed E-state index contributed by atoms with van der Waals surface area (Å²) in [4.78, 5) is 30.9. The minimum atomic E-state index is -0.146. The molecule has 2 fully saturated rings. The van der Waals surface area contributed by atoms with Gasteiger partial charge in [0.05, 0.1) is 12.2 Å². The van der Waals surface area contributed by atoms with E-state index < -0.39 is 0 Å². The quantitative estimate of drug-likeness (QED) is 0.550. The summed E-state index contributed by atoms with van der Waals surface area (Å²) in [5.41, 5.74) is 5.84. The number of nitrogens with one attached hydrogen (secondary N) is 2. The Labute approximate surface area is 215 Å². The van der Waals surface area contributed by atoms with Gasteiger partial charge in [0.2, 0.25) is 5.95 Å². The third kappa shape index (κ3) is 4.56. The highest BCUT2D eigenvalue weighted by Gasteiger charge is 2.41. The fourth-order valence-corrected chi connectivity index (χ4v) is 6.02. The Balaban J connectivity index is 1.14. The molecule has 1 amide bonds. The predicted octanol–water partition coefficient (Wildman–Crippen LogP) is 3.92. The van der Waals surface area contributed by atoms with E-state index in [9.17, 15) is 4.79 Å². The number of carbonyl (C=O) groups excluding carboxylic acids is 1. The molecular formula is C27H29N7OS. The third-order valence-electron chi connectivity index (χ3n) is 7.18.